The third-order valence-electron chi connectivity index (χ3n) is 6.31. The fraction of sp³-hybridized carbons (Fsp3) is 0.480. The summed E-state index contributed by atoms with van der Waals surface area (Å²) in [7, 11) is 0. The predicted octanol–water partition coefficient (Wildman–Crippen LogP) is 7.20. The van der Waals surface area contributed by atoms with Gasteiger partial charge in [-0.15, -0.1) is 0 Å². The molecule has 3 rings (SSSR count). The van der Waals surface area contributed by atoms with E-state index in [0.717, 1.165) is 42.1 Å². The number of hydrogen-bond donors (Lipinski definition) is 2. The van der Waals surface area contributed by atoms with Crippen LogP contribution in [0.15, 0.2) is 42.5 Å². The third kappa shape index (κ3) is 5.05. The molecule has 3 nitrogen and oxygen atoms in total. The molecular formula is C25H31F3N2O. The van der Waals surface area contributed by atoms with Crippen molar-refractivity contribution >= 4 is 11.7 Å². The van der Waals surface area contributed by atoms with Crippen LogP contribution in [0.3, 0.4) is 0 Å². The Morgan fingerprint density at radius 1 is 1.00 bits per heavy atom. The van der Waals surface area contributed by atoms with Crippen molar-refractivity contribution in [3.05, 3.63) is 64.7 Å². The lowest BCUT2D eigenvalue weighted by atomic mass is 9.64. The van der Waals surface area contributed by atoms with E-state index in [0.29, 0.717) is 12.1 Å². The number of carbonyl (C=O) groups excluding carboxylic acids is 1. The minimum Gasteiger partial charge on any atom is -0.337 e. The number of nitrogens with one attached hydrogen (secondary N) is 2. The monoisotopic (exact) mass is 432 g/mol. The van der Waals surface area contributed by atoms with Crippen molar-refractivity contribution in [3.63, 3.8) is 0 Å². The van der Waals surface area contributed by atoms with Crippen LogP contribution in [0.4, 0.5) is 23.7 Å². The van der Waals surface area contributed by atoms with Gasteiger partial charge in [-0.3, -0.25) is 0 Å². The summed E-state index contributed by atoms with van der Waals surface area (Å²) >= 11 is 0. The highest BCUT2D eigenvalue weighted by Gasteiger charge is 2.40. The second-order valence-corrected chi connectivity index (χ2v) is 9.14. The highest BCUT2D eigenvalue weighted by molar-refractivity contribution is 5.91. The Morgan fingerprint density at radius 2 is 1.58 bits per heavy atom. The number of anilines is 1. The first kappa shape index (κ1) is 23.2. The van der Waals surface area contributed by atoms with Crippen molar-refractivity contribution in [1.82, 2.24) is 5.32 Å². The van der Waals surface area contributed by atoms with Crippen LogP contribution in [-0.4, -0.2) is 12.6 Å². The minimum atomic E-state index is -4.38. The zero-order valence-corrected chi connectivity index (χ0v) is 18.6. The second-order valence-electron chi connectivity index (χ2n) is 9.14. The zero-order chi connectivity index (χ0) is 22.8. The van der Waals surface area contributed by atoms with Gasteiger partial charge in [0.2, 0.25) is 0 Å². The molecule has 168 valence electrons. The highest BCUT2D eigenvalue weighted by Crippen LogP contribution is 2.44. The first-order valence-electron chi connectivity index (χ1n) is 10.9. The van der Waals surface area contributed by atoms with E-state index >= 15 is 0 Å². The smallest absolute Gasteiger partial charge is 0.337 e. The lowest BCUT2D eigenvalue weighted by Gasteiger charge is -2.43. The van der Waals surface area contributed by atoms with Gasteiger partial charge in [0.1, 0.15) is 0 Å². The van der Waals surface area contributed by atoms with Crippen molar-refractivity contribution in [2.24, 2.45) is 0 Å². The van der Waals surface area contributed by atoms with E-state index in [1.54, 1.807) is 6.07 Å². The molecule has 0 aromatic heterocycles. The molecule has 0 radical (unpaired) electrons. The molecule has 0 saturated heterocycles. The molecular weight excluding hydrogens is 401 g/mol. The third-order valence-corrected chi connectivity index (χ3v) is 6.31. The van der Waals surface area contributed by atoms with Crippen molar-refractivity contribution in [1.29, 1.82) is 0 Å². The van der Waals surface area contributed by atoms with E-state index in [4.69, 9.17) is 0 Å². The van der Waals surface area contributed by atoms with E-state index in [1.165, 1.54) is 12.1 Å². The van der Waals surface area contributed by atoms with Gasteiger partial charge in [-0.1, -0.05) is 70.5 Å². The van der Waals surface area contributed by atoms with Crippen molar-refractivity contribution in [3.8, 4) is 0 Å². The summed E-state index contributed by atoms with van der Waals surface area (Å²) in [5, 5.41) is 5.95. The molecule has 0 heterocycles. The van der Waals surface area contributed by atoms with Crippen LogP contribution in [-0.2, 0) is 11.6 Å². The maximum absolute atomic E-state index is 13.2. The maximum Gasteiger partial charge on any atom is 0.416 e. The van der Waals surface area contributed by atoms with Crippen molar-refractivity contribution in [2.75, 3.05) is 11.9 Å². The fourth-order valence-corrected chi connectivity index (χ4v) is 4.30. The van der Waals surface area contributed by atoms with Crippen LogP contribution >= 0.6 is 0 Å². The molecule has 0 unspecified atom stereocenters. The molecule has 6 heteroatoms. The normalized spacial score (nSPS) is 15.6. The SMILES string of the molecule is CC(C)c1cccc(C(C)C)c1NC(=O)NCC1(c2cccc(C(F)(F)F)c2)CCC1. The average molecular weight is 433 g/mol. The van der Waals surface area contributed by atoms with Crippen LogP contribution in [0.1, 0.15) is 81.0 Å². The van der Waals surface area contributed by atoms with Crippen molar-refractivity contribution in [2.45, 2.75) is 70.4 Å². The lowest BCUT2D eigenvalue weighted by Crippen LogP contribution is -2.46. The average Bonchev–Trinajstić information content (AvgIpc) is 2.66. The van der Waals surface area contributed by atoms with Crippen molar-refractivity contribution < 1.29 is 18.0 Å². The summed E-state index contributed by atoms with van der Waals surface area (Å²) in [6.07, 6.45) is -1.92. The highest BCUT2D eigenvalue weighted by atomic mass is 19.4. The summed E-state index contributed by atoms with van der Waals surface area (Å²) in [6, 6.07) is 11.2. The van der Waals surface area contributed by atoms with Gasteiger partial charge in [0.05, 0.1) is 5.56 Å². The Hall–Kier alpha value is -2.50. The lowest BCUT2D eigenvalue weighted by molar-refractivity contribution is -0.137. The number of alkyl halides is 3. The van der Waals surface area contributed by atoms with E-state index in [-0.39, 0.29) is 17.9 Å². The number of para-hydroxylation sites is 1. The molecule has 1 aliphatic rings. The molecule has 0 aliphatic heterocycles. The topological polar surface area (TPSA) is 41.1 Å². The Labute approximate surface area is 182 Å². The largest absolute Gasteiger partial charge is 0.416 e. The Kier molecular flexibility index (Phi) is 6.68. The van der Waals surface area contributed by atoms with E-state index in [2.05, 4.69) is 38.3 Å². The second kappa shape index (κ2) is 8.93. The molecule has 1 aliphatic carbocycles. The molecule has 31 heavy (non-hydrogen) atoms. The number of rotatable bonds is 6. The molecule has 0 bridgehead atoms. The van der Waals surface area contributed by atoms with E-state index in [9.17, 15) is 18.0 Å². The predicted molar refractivity (Wildman–Crippen MR) is 119 cm³/mol. The molecule has 0 atom stereocenters. The number of hydrogen-bond acceptors (Lipinski definition) is 1. The fourth-order valence-electron chi connectivity index (χ4n) is 4.30. The first-order chi connectivity index (χ1) is 14.5. The molecule has 2 aromatic carbocycles. The number of benzene rings is 2. The van der Waals surface area contributed by atoms with Gasteiger partial charge < -0.3 is 10.6 Å². The van der Waals surface area contributed by atoms with Gasteiger partial charge >= 0.3 is 12.2 Å². The molecule has 2 amide bonds. The van der Waals surface area contributed by atoms with Gasteiger partial charge in [-0.2, -0.15) is 13.2 Å². The minimum absolute atomic E-state index is 0.247. The van der Waals surface area contributed by atoms with Crippen LogP contribution in [0.2, 0.25) is 0 Å². The van der Waals surface area contributed by atoms with Crippen LogP contribution in [0.5, 0.6) is 0 Å². The molecule has 2 N–H and O–H groups in total. The number of halogens is 3. The first-order valence-corrected chi connectivity index (χ1v) is 10.9. The Bertz CT molecular complexity index is 904. The van der Waals surface area contributed by atoms with Gasteiger partial charge in [0, 0.05) is 17.6 Å². The number of urea groups is 1. The van der Waals surface area contributed by atoms with Gasteiger partial charge in [0.15, 0.2) is 0 Å². The maximum atomic E-state index is 13.2. The van der Waals surface area contributed by atoms with Gasteiger partial charge in [-0.25, -0.2) is 4.79 Å². The van der Waals surface area contributed by atoms with E-state index < -0.39 is 17.2 Å². The number of carbonyl (C=O) groups is 1. The Balaban J connectivity index is 1.77. The summed E-state index contributed by atoms with van der Waals surface area (Å²) in [5.41, 5.74) is 2.51. The summed E-state index contributed by atoms with van der Waals surface area (Å²) in [6.45, 7) is 8.64. The van der Waals surface area contributed by atoms with Crippen LogP contribution in [0.25, 0.3) is 0 Å². The summed E-state index contributed by atoms with van der Waals surface area (Å²) in [4.78, 5) is 12.8. The summed E-state index contributed by atoms with van der Waals surface area (Å²) < 4.78 is 39.5. The standard InChI is InChI=1S/C25H31F3N2O/c1-16(2)20-10-6-11-21(17(3)4)22(20)30-23(31)29-15-24(12-7-13-24)18-8-5-9-19(14-18)25(26,27)28/h5-6,8-11,14,16-17H,7,12-13,15H2,1-4H3,(H2,29,30,31). The molecule has 1 saturated carbocycles. The Morgan fingerprint density at radius 3 is 2.06 bits per heavy atom. The quantitative estimate of drug-likeness (QED) is 0.498. The summed E-state index contributed by atoms with van der Waals surface area (Å²) in [5.74, 6) is 0.495. The van der Waals surface area contributed by atoms with Crippen LogP contribution in [0, 0.1) is 0 Å². The van der Waals surface area contributed by atoms with Crippen LogP contribution < -0.4 is 10.6 Å². The zero-order valence-electron chi connectivity index (χ0n) is 18.6. The number of amides is 2. The van der Waals surface area contributed by atoms with Gasteiger partial charge in [-0.05, 0) is 47.4 Å². The molecule has 1 fully saturated rings. The van der Waals surface area contributed by atoms with E-state index in [1.807, 2.05) is 18.2 Å². The molecule has 2 aromatic rings. The van der Waals surface area contributed by atoms with Gasteiger partial charge in [0.25, 0.3) is 0 Å². The molecule has 0 spiro atoms.